The van der Waals surface area contributed by atoms with Gasteiger partial charge in [-0.2, -0.15) is 0 Å². The Morgan fingerprint density at radius 1 is 1.38 bits per heavy atom. The van der Waals surface area contributed by atoms with E-state index < -0.39 is 0 Å². The average Bonchev–Trinajstić information content (AvgIpc) is 2.30. The van der Waals surface area contributed by atoms with E-state index in [-0.39, 0.29) is 24.3 Å². The van der Waals surface area contributed by atoms with Crippen LogP contribution in [0.4, 0.5) is 4.39 Å². The molecule has 90 valence electrons. The zero-order valence-electron chi connectivity index (χ0n) is 9.33. The SMILES string of the molecule is COc1ccc([C@@H]2CCCCN2)c(F)c1.Cl. The molecule has 0 unspecified atom stereocenters. The van der Waals surface area contributed by atoms with E-state index >= 15 is 0 Å². The lowest BCUT2D eigenvalue weighted by Crippen LogP contribution is -2.27. The highest BCUT2D eigenvalue weighted by atomic mass is 35.5. The maximum Gasteiger partial charge on any atom is 0.131 e. The molecule has 1 heterocycles. The molecule has 1 atom stereocenters. The molecule has 1 aromatic carbocycles. The van der Waals surface area contributed by atoms with Gasteiger partial charge in [0.15, 0.2) is 0 Å². The second-order valence-corrected chi connectivity index (χ2v) is 3.89. The molecular weight excluding hydrogens is 229 g/mol. The monoisotopic (exact) mass is 245 g/mol. The van der Waals surface area contributed by atoms with Crippen molar-refractivity contribution in [2.45, 2.75) is 25.3 Å². The van der Waals surface area contributed by atoms with Gasteiger partial charge >= 0.3 is 0 Å². The van der Waals surface area contributed by atoms with E-state index in [9.17, 15) is 4.39 Å². The summed E-state index contributed by atoms with van der Waals surface area (Å²) in [6, 6.07) is 5.25. The van der Waals surface area contributed by atoms with Crippen molar-refractivity contribution >= 4 is 12.4 Å². The molecule has 0 amide bonds. The molecule has 1 aromatic rings. The minimum atomic E-state index is -0.172. The first-order valence-corrected chi connectivity index (χ1v) is 5.38. The van der Waals surface area contributed by atoms with Crippen molar-refractivity contribution in [3.05, 3.63) is 29.6 Å². The third-order valence-electron chi connectivity index (χ3n) is 2.89. The lowest BCUT2D eigenvalue weighted by atomic mass is 9.97. The number of hydrogen-bond donors (Lipinski definition) is 1. The number of ether oxygens (including phenoxy) is 1. The minimum Gasteiger partial charge on any atom is -0.497 e. The van der Waals surface area contributed by atoms with Crippen molar-refractivity contribution in [1.29, 1.82) is 0 Å². The summed E-state index contributed by atoms with van der Waals surface area (Å²) in [4.78, 5) is 0. The van der Waals surface area contributed by atoms with Gasteiger partial charge in [0.1, 0.15) is 11.6 Å². The highest BCUT2D eigenvalue weighted by molar-refractivity contribution is 5.85. The van der Waals surface area contributed by atoms with Crippen LogP contribution in [0, 0.1) is 5.82 Å². The van der Waals surface area contributed by atoms with Crippen LogP contribution in [-0.2, 0) is 0 Å². The van der Waals surface area contributed by atoms with Gasteiger partial charge in [0.2, 0.25) is 0 Å². The number of piperidine rings is 1. The summed E-state index contributed by atoms with van der Waals surface area (Å²) in [5.41, 5.74) is 0.760. The van der Waals surface area contributed by atoms with E-state index in [1.807, 2.05) is 12.1 Å². The van der Waals surface area contributed by atoms with Crippen LogP contribution in [0.3, 0.4) is 0 Å². The summed E-state index contributed by atoms with van der Waals surface area (Å²) < 4.78 is 18.7. The maximum absolute atomic E-state index is 13.7. The van der Waals surface area contributed by atoms with Crippen LogP contribution in [0.5, 0.6) is 5.75 Å². The molecule has 16 heavy (non-hydrogen) atoms. The Balaban J connectivity index is 0.00000128. The lowest BCUT2D eigenvalue weighted by molar-refractivity contribution is 0.391. The quantitative estimate of drug-likeness (QED) is 0.865. The van der Waals surface area contributed by atoms with Crippen molar-refractivity contribution in [3.8, 4) is 5.75 Å². The maximum atomic E-state index is 13.7. The number of hydrogen-bond acceptors (Lipinski definition) is 2. The molecule has 0 aromatic heterocycles. The van der Waals surface area contributed by atoms with Crippen LogP contribution in [0.25, 0.3) is 0 Å². The fourth-order valence-electron chi connectivity index (χ4n) is 2.03. The Morgan fingerprint density at radius 3 is 2.75 bits per heavy atom. The Hall–Kier alpha value is -0.800. The molecule has 1 saturated heterocycles. The zero-order chi connectivity index (χ0) is 10.7. The van der Waals surface area contributed by atoms with Crippen molar-refractivity contribution in [1.82, 2.24) is 5.32 Å². The third kappa shape index (κ3) is 2.86. The molecule has 0 bridgehead atoms. The second-order valence-electron chi connectivity index (χ2n) is 3.89. The number of nitrogens with one attached hydrogen (secondary N) is 1. The van der Waals surface area contributed by atoms with Gasteiger partial charge in [0.25, 0.3) is 0 Å². The van der Waals surface area contributed by atoms with Crippen LogP contribution in [0.15, 0.2) is 18.2 Å². The van der Waals surface area contributed by atoms with Gasteiger partial charge in [-0.25, -0.2) is 4.39 Å². The van der Waals surface area contributed by atoms with E-state index in [0.29, 0.717) is 5.75 Å². The van der Waals surface area contributed by atoms with Crippen LogP contribution in [-0.4, -0.2) is 13.7 Å². The molecule has 0 aliphatic carbocycles. The standard InChI is InChI=1S/C12H16FNO.ClH/c1-15-9-5-6-10(11(13)8-9)12-4-2-3-7-14-12;/h5-6,8,12,14H,2-4,7H2,1H3;1H/t12-;/m0./s1. The molecular formula is C12H17ClFNO. The largest absolute Gasteiger partial charge is 0.497 e. The predicted octanol–water partition coefficient (Wildman–Crippen LogP) is 3.07. The van der Waals surface area contributed by atoms with Crippen molar-refractivity contribution < 1.29 is 9.13 Å². The molecule has 0 spiro atoms. The number of rotatable bonds is 2. The second kappa shape index (κ2) is 6.06. The number of benzene rings is 1. The molecule has 2 rings (SSSR count). The number of halogens is 2. The Labute approximate surface area is 102 Å². The Morgan fingerprint density at radius 2 is 2.19 bits per heavy atom. The summed E-state index contributed by atoms with van der Waals surface area (Å²) >= 11 is 0. The fourth-order valence-corrected chi connectivity index (χ4v) is 2.03. The molecule has 2 nitrogen and oxygen atoms in total. The summed E-state index contributed by atoms with van der Waals surface area (Å²) in [7, 11) is 1.55. The van der Waals surface area contributed by atoms with Crippen molar-refractivity contribution in [2.24, 2.45) is 0 Å². The van der Waals surface area contributed by atoms with Gasteiger partial charge in [0, 0.05) is 17.7 Å². The Bertz CT molecular complexity index is 340. The third-order valence-corrected chi connectivity index (χ3v) is 2.89. The molecule has 1 N–H and O–H groups in total. The van der Waals surface area contributed by atoms with Crippen LogP contribution >= 0.6 is 12.4 Å². The summed E-state index contributed by atoms with van der Waals surface area (Å²) in [5.74, 6) is 0.404. The van der Waals surface area contributed by atoms with Crippen molar-refractivity contribution in [3.63, 3.8) is 0 Å². The smallest absolute Gasteiger partial charge is 0.131 e. The van der Waals surface area contributed by atoms with E-state index in [4.69, 9.17) is 4.74 Å². The molecule has 0 saturated carbocycles. The summed E-state index contributed by atoms with van der Waals surface area (Å²) in [5, 5.41) is 3.33. The van der Waals surface area contributed by atoms with Crippen LogP contribution in [0.2, 0.25) is 0 Å². The molecule has 1 aliphatic heterocycles. The molecule has 1 fully saturated rings. The zero-order valence-corrected chi connectivity index (χ0v) is 10.1. The Kier molecular flexibility index (Phi) is 5.03. The normalized spacial score (nSPS) is 20.0. The van der Waals surface area contributed by atoms with Gasteiger partial charge < -0.3 is 10.1 Å². The molecule has 0 radical (unpaired) electrons. The topological polar surface area (TPSA) is 21.3 Å². The minimum absolute atomic E-state index is 0. The van der Waals surface area contributed by atoms with E-state index in [1.54, 1.807) is 7.11 Å². The highest BCUT2D eigenvalue weighted by Crippen LogP contribution is 2.27. The van der Waals surface area contributed by atoms with E-state index in [1.165, 1.54) is 18.9 Å². The van der Waals surface area contributed by atoms with Crippen molar-refractivity contribution in [2.75, 3.05) is 13.7 Å². The van der Waals surface area contributed by atoms with E-state index in [2.05, 4.69) is 5.32 Å². The lowest BCUT2D eigenvalue weighted by Gasteiger charge is -2.24. The van der Waals surface area contributed by atoms with Gasteiger partial charge in [-0.1, -0.05) is 12.5 Å². The highest BCUT2D eigenvalue weighted by Gasteiger charge is 2.18. The molecule has 1 aliphatic rings. The average molecular weight is 246 g/mol. The first-order chi connectivity index (χ1) is 7.31. The first kappa shape index (κ1) is 13.3. The van der Waals surface area contributed by atoms with Gasteiger partial charge in [-0.3, -0.25) is 0 Å². The van der Waals surface area contributed by atoms with Gasteiger partial charge in [0.05, 0.1) is 7.11 Å². The number of methoxy groups -OCH3 is 1. The van der Waals surface area contributed by atoms with Gasteiger partial charge in [-0.15, -0.1) is 12.4 Å². The van der Waals surface area contributed by atoms with Crippen LogP contribution in [0.1, 0.15) is 30.9 Å². The van der Waals surface area contributed by atoms with E-state index in [0.717, 1.165) is 18.5 Å². The summed E-state index contributed by atoms with van der Waals surface area (Å²) in [6.45, 7) is 0.982. The summed E-state index contributed by atoms with van der Waals surface area (Å²) in [6.07, 6.45) is 3.38. The first-order valence-electron chi connectivity index (χ1n) is 5.38. The van der Waals surface area contributed by atoms with Gasteiger partial charge in [-0.05, 0) is 25.5 Å². The predicted molar refractivity (Wildman–Crippen MR) is 64.8 cm³/mol. The fraction of sp³-hybridized carbons (Fsp3) is 0.500. The molecule has 4 heteroatoms. The van der Waals surface area contributed by atoms with Crippen LogP contribution < -0.4 is 10.1 Å².